The highest BCUT2D eigenvalue weighted by atomic mass is 16.2. The van der Waals surface area contributed by atoms with E-state index in [0.29, 0.717) is 11.5 Å². The zero-order valence-electron chi connectivity index (χ0n) is 18.3. The molecule has 3 aliphatic rings. The summed E-state index contributed by atoms with van der Waals surface area (Å²) >= 11 is 0. The van der Waals surface area contributed by atoms with Gasteiger partial charge in [0.1, 0.15) is 6.04 Å². The molecule has 2 saturated heterocycles. The van der Waals surface area contributed by atoms with E-state index in [0.717, 1.165) is 69.5 Å². The zero-order valence-corrected chi connectivity index (χ0v) is 18.3. The molecular weight excluding hydrogens is 386 g/mol. The number of piperidine rings is 2. The lowest BCUT2D eigenvalue weighted by Gasteiger charge is -2.44. The van der Waals surface area contributed by atoms with E-state index in [1.54, 1.807) is 4.90 Å². The van der Waals surface area contributed by atoms with Crippen molar-refractivity contribution in [3.63, 3.8) is 0 Å². The first-order valence-corrected chi connectivity index (χ1v) is 11.6. The van der Waals surface area contributed by atoms with E-state index >= 15 is 0 Å². The Balaban J connectivity index is 1.28. The second-order valence-electron chi connectivity index (χ2n) is 9.23. The van der Waals surface area contributed by atoms with Gasteiger partial charge in [0.25, 0.3) is 5.91 Å². The van der Waals surface area contributed by atoms with Crippen molar-refractivity contribution in [1.29, 1.82) is 0 Å². The Morgan fingerprint density at radius 2 is 1.71 bits per heavy atom. The van der Waals surface area contributed by atoms with Gasteiger partial charge < -0.3 is 14.7 Å². The Kier molecular flexibility index (Phi) is 5.43. The van der Waals surface area contributed by atoms with Crippen molar-refractivity contribution in [3.8, 4) is 0 Å². The third-order valence-corrected chi connectivity index (χ3v) is 7.28. The molecule has 5 rings (SSSR count). The van der Waals surface area contributed by atoms with E-state index in [-0.39, 0.29) is 17.9 Å². The summed E-state index contributed by atoms with van der Waals surface area (Å²) < 4.78 is 0. The largest absolute Gasteiger partial charge is 0.358 e. The van der Waals surface area contributed by atoms with Crippen LogP contribution >= 0.6 is 0 Å². The van der Waals surface area contributed by atoms with E-state index in [1.807, 2.05) is 30.1 Å². The third-order valence-electron chi connectivity index (χ3n) is 7.28. The molecule has 0 saturated carbocycles. The summed E-state index contributed by atoms with van der Waals surface area (Å²) in [5.41, 5.74) is 4.03. The standard InChI is InChI=1S/C26H31N3O2/c1-27-24-18-21(10-11-22(24)29-14-6-5-9-23(29)26(27)31)25(30)28-15-12-20(13-16-28)17-19-7-3-2-4-8-19/h2-4,7-8,10-11,18,20,23H,5-6,9,12-17H2,1H3/t23-/m0/s1. The number of nitrogens with zero attached hydrogens (tertiary/aromatic N) is 3. The number of amides is 2. The third kappa shape index (κ3) is 3.82. The summed E-state index contributed by atoms with van der Waals surface area (Å²) in [6.45, 7) is 2.52. The van der Waals surface area contributed by atoms with Crippen LogP contribution in [0.3, 0.4) is 0 Å². The Hall–Kier alpha value is -2.82. The SMILES string of the molecule is CN1C(=O)[C@@H]2CCCCN2c2ccc(C(=O)N3CCC(Cc4ccccc4)CC3)cc21. The summed E-state index contributed by atoms with van der Waals surface area (Å²) in [5, 5.41) is 0. The molecule has 1 atom stereocenters. The summed E-state index contributed by atoms with van der Waals surface area (Å²) in [6.07, 6.45) is 6.31. The second-order valence-corrected chi connectivity index (χ2v) is 9.23. The average molecular weight is 418 g/mol. The fraction of sp³-hybridized carbons (Fsp3) is 0.462. The molecule has 31 heavy (non-hydrogen) atoms. The van der Waals surface area contributed by atoms with Crippen LogP contribution in [0.25, 0.3) is 0 Å². The van der Waals surface area contributed by atoms with Crippen molar-refractivity contribution < 1.29 is 9.59 Å². The van der Waals surface area contributed by atoms with Crippen LogP contribution in [0.1, 0.15) is 48.0 Å². The molecule has 2 amide bonds. The molecular formula is C26H31N3O2. The first kappa shape index (κ1) is 20.1. The van der Waals surface area contributed by atoms with Crippen molar-refractivity contribution in [2.45, 2.75) is 44.6 Å². The van der Waals surface area contributed by atoms with Gasteiger partial charge in [-0.1, -0.05) is 30.3 Å². The number of carbonyl (C=O) groups is 2. The van der Waals surface area contributed by atoms with Crippen LogP contribution in [-0.4, -0.2) is 49.4 Å². The Morgan fingerprint density at radius 3 is 2.48 bits per heavy atom. The van der Waals surface area contributed by atoms with Gasteiger partial charge in [0, 0.05) is 32.2 Å². The Bertz CT molecular complexity index is 966. The molecule has 0 radical (unpaired) electrons. The van der Waals surface area contributed by atoms with E-state index in [1.165, 1.54) is 5.56 Å². The normalized spacial score (nSPS) is 21.6. The van der Waals surface area contributed by atoms with Gasteiger partial charge in [-0.25, -0.2) is 0 Å². The first-order valence-electron chi connectivity index (χ1n) is 11.6. The minimum atomic E-state index is -0.0450. The fourth-order valence-corrected chi connectivity index (χ4v) is 5.46. The number of hydrogen-bond acceptors (Lipinski definition) is 3. The molecule has 162 valence electrons. The van der Waals surface area contributed by atoms with E-state index in [2.05, 4.69) is 35.2 Å². The van der Waals surface area contributed by atoms with Crippen molar-refractivity contribution in [1.82, 2.24) is 4.90 Å². The highest BCUT2D eigenvalue weighted by molar-refractivity contribution is 6.07. The number of carbonyl (C=O) groups excluding carboxylic acids is 2. The first-order chi connectivity index (χ1) is 15.1. The molecule has 0 spiro atoms. The molecule has 3 aliphatic heterocycles. The van der Waals surface area contributed by atoms with E-state index in [9.17, 15) is 9.59 Å². The summed E-state index contributed by atoms with van der Waals surface area (Å²) in [4.78, 5) is 32.1. The predicted octanol–water partition coefficient (Wildman–Crippen LogP) is 4.12. The lowest BCUT2D eigenvalue weighted by Crippen LogP contribution is -2.54. The van der Waals surface area contributed by atoms with Crippen LogP contribution in [-0.2, 0) is 11.2 Å². The maximum absolute atomic E-state index is 13.2. The van der Waals surface area contributed by atoms with Gasteiger partial charge >= 0.3 is 0 Å². The van der Waals surface area contributed by atoms with Gasteiger partial charge in [0.2, 0.25) is 5.91 Å². The van der Waals surface area contributed by atoms with Crippen molar-refractivity contribution in [2.75, 3.05) is 36.5 Å². The Labute approximate surface area is 184 Å². The van der Waals surface area contributed by atoms with Crippen LogP contribution in [0.15, 0.2) is 48.5 Å². The van der Waals surface area contributed by atoms with Crippen LogP contribution in [0.5, 0.6) is 0 Å². The molecule has 0 aromatic heterocycles. The quantitative estimate of drug-likeness (QED) is 0.755. The van der Waals surface area contributed by atoms with Crippen molar-refractivity contribution in [3.05, 3.63) is 59.7 Å². The second kappa shape index (κ2) is 8.37. The molecule has 5 nitrogen and oxygen atoms in total. The Morgan fingerprint density at radius 1 is 0.935 bits per heavy atom. The molecule has 3 heterocycles. The maximum atomic E-state index is 13.2. The number of rotatable bonds is 3. The van der Waals surface area contributed by atoms with E-state index in [4.69, 9.17) is 0 Å². The van der Waals surface area contributed by atoms with Crippen molar-refractivity contribution in [2.24, 2.45) is 5.92 Å². The molecule has 0 unspecified atom stereocenters. The smallest absolute Gasteiger partial charge is 0.253 e. The molecule has 2 aromatic rings. The summed E-state index contributed by atoms with van der Waals surface area (Å²) in [6, 6.07) is 16.5. The van der Waals surface area contributed by atoms with Crippen LogP contribution in [0.4, 0.5) is 11.4 Å². The van der Waals surface area contributed by atoms with Gasteiger partial charge in [-0.3, -0.25) is 9.59 Å². The van der Waals surface area contributed by atoms with E-state index < -0.39 is 0 Å². The number of fused-ring (bicyclic) bond motifs is 3. The summed E-state index contributed by atoms with van der Waals surface area (Å²) in [5.74, 6) is 0.871. The van der Waals surface area contributed by atoms with Crippen LogP contribution < -0.4 is 9.80 Å². The van der Waals surface area contributed by atoms with Crippen LogP contribution in [0.2, 0.25) is 0 Å². The molecule has 0 bridgehead atoms. The number of benzene rings is 2. The molecule has 0 N–H and O–H groups in total. The van der Waals surface area contributed by atoms with Gasteiger partial charge in [-0.05, 0) is 68.2 Å². The minimum Gasteiger partial charge on any atom is -0.358 e. The number of likely N-dealkylation sites (N-methyl/N-ethyl adjacent to an activating group) is 1. The lowest BCUT2D eigenvalue weighted by atomic mass is 9.90. The van der Waals surface area contributed by atoms with Gasteiger partial charge in [0.05, 0.1) is 11.4 Å². The number of anilines is 2. The molecule has 0 aliphatic carbocycles. The average Bonchev–Trinajstić information content (AvgIpc) is 2.83. The van der Waals surface area contributed by atoms with Gasteiger partial charge in [-0.2, -0.15) is 0 Å². The predicted molar refractivity (Wildman–Crippen MR) is 124 cm³/mol. The summed E-state index contributed by atoms with van der Waals surface area (Å²) in [7, 11) is 1.84. The van der Waals surface area contributed by atoms with Crippen molar-refractivity contribution >= 4 is 23.2 Å². The zero-order chi connectivity index (χ0) is 21.4. The van der Waals surface area contributed by atoms with Gasteiger partial charge in [0.15, 0.2) is 0 Å². The monoisotopic (exact) mass is 417 g/mol. The lowest BCUT2D eigenvalue weighted by molar-refractivity contribution is -0.120. The molecule has 5 heteroatoms. The van der Waals surface area contributed by atoms with Crippen LogP contribution in [0, 0.1) is 5.92 Å². The molecule has 2 aromatic carbocycles. The van der Waals surface area contributed by atoms with Gasteiger partial charge in [-0.15, -0.1) is 0 Å². The highest BCUT2D eigenvalue weighted by Gasteiger charge is 2.38. The topological polar surface area (TPSA) is 43.9 Å². The highest BCUT2D eigenvalue weighted by Crippen LogP contribution is 2.39. The molecule has 2 fully saturated rings. The fourth-order valence-electron chi connectivity index (χ4n) is 5.46. The maximum Gasteiger partial charge on any atom is 0.253 e. The number of likely N-dealkylation sites (tertiary alicyclic amines) is 1. The minimum absolute atomic E-state index is 0.0450. The number of hydrogen-bond donors (Lipinski definition) is 0.